The molecular formula is C18H37N3O4Si. The van der Waals surface area contributed by atoms with Crippen molar-refractivity contribution in [1.82, 2.24) is 15.1 Å². The minimum Gasteiger partial charge on any atom is -0.465 e. The lowest BCUT2D eigenvalue weighted by Gasteiger charge is -2.43. The van der Waals surface area contributed by atoms with Crippen LogP contribution in [0.1, 0.15) is 27.7 Å². The van der Waals surface area contributed by atoms with Crippen LogP contribution in [0.3, 0.4) is 0 Å². The first-order chi connectivity index (χ1) is 12.0. The fraction of sp³-hybridized carbons (Fsp3) is 0.944. The van der Waals surface area contributed by atoms with E-state index < -0.39 is 14.4 Å². The molecular weight excluding hydrogens is 350 g/mol. The van der Waals surface area contributed by atoms with E-state index in [0.717, 1.165) is 19.7 Å². The van der Waals surface area contributed by atoms with Crippen LogP contribution in [0.2, 0.25) is 18.1 Å². The molecule has 1 unspecified atom stereocenters. The Bertz CT molecular complexity index is 484. The Balaban J connectivity index is 1.93. The van der Waals surface area contributed by atoms with E-state index in [9.17, 15) is 9.90 Å². The topological polar surface area (TPSA) is 74.3 Å². The van der Waals surface area contributed by atoms with Gasteiger partial charge in [0.05, 0.1) is 25.9 Å². The zero-order valence-corrected chi connectivity index (χ0v) is 18.2. The number of hydrogen-bond donors (Lipinski definition) is 2. The monoisotopic (exact) mass is 387 g/mol. The molecule has 26 heavy (non-hydrogen) atoms. The molecule has 0 aliphatic carbocycles. The van der Waals surface area contributed by atoms with E-state index in [4.69, 9.17) is 9.16 Å². The van der Waals surface area contributed by atoms with E-state index in [1.807, 2.05) is 6.92 Å². The number of nitrogens with one attached hydrogen (secondary N) is 1. The van der Waals surface area contributed by atoms with Gasteiger partial charge in [0.2, 0.25) is 0 Å². The van der Waals surface area contributed by atoms with Crippen molar-refractivity contribution in [3.05, 3.63) is 0 Å². The fourth-order valence-corrected chi connectivity index (χ4v) is 4.25. The van der Waals surface area contributed by atoms with Gasteiger partial charge in [-0.15, -0.1) is 0 Å². The summed E-state index contributed by atoms with van der Waals surface area (Å²) >= 11 is 0. The summed E-state index contributed by atoms with van der Waals surface area (Å²) in [5.41, 5.74) is 0. The molecule has 2 fully saturated rings. The van der Waals surface area contributed by atoms with Crippen molar-refractivity contribution >= 4 is 14.4 Å². The van der Waals surface area contributed by atoms with Crippen molar-refractivity contribution < 1.29 is 19.1 Å². The average molecular weight is 388 g/mol. The Morgan fingerprint density at radius 1 is 1.38 bits per heavy atom. The van der Waals surface area contributed by atoms with Crippen LogP contribution in [0.4, 0.5) is 4.79 Å². The molecule has 0 spiro atoms. The molecule has 7 nitrogen and oxygen atoms in total. The molecule has 1 amide bonds. The molecule has 0 aromatic carbocycles. The van der Waals surface area contributed by atoms with Crippen LogP contribution in [0, 0.1) is 0 Å². The SMILES string of the molecule is C[C@@H]1CN[C@@H](CN2CCOCC2CO[Si](C)(C)C(C)(C)C)CN1C(=O)O. The second kappa shape index (κ2) is 8.56. The fourth-order valence-electron chi connectivity index (χ4n) is 3.21. The summed E-state index contributed by atoms with van der Waals surface area (Å²) in [6.45, 7) is 18.3. The van der Waals surface area contributed by atoms with Crippen LogP contribution in [0.25, 0.3) is 0 Å². The minimum atomic E-state index is -1.79. The number of carboxylic acid groups (broad SMARTS) is 1. The molecule has 8 heteroatoms. The van der Waals surface area contributed by atoms with Crippen LogP contribution in [0.15, 0.2) is 0 Å². The van der Waals surface area contributed by atoms with Gasteiger partial charge in [-0.25, -0.2) is 4.79 Å². The van der Waals surface area contributed by atoms with Crippen LogP contribution >= 0.6 is 0 Å². The van der Waals surface area contributed by atoms with Gasteiger partial charge in [0.1, 0.15) is 0 Å². The summed E-state index contributed by atoms with van der Waals surface area (Å²) in [4.78, 5) is 15.4. The van der Waals surface area contributed by atoms with Crippen LogP contribution in [-0.4, -0.2) is 93.4 Å². The van der Waals surface area contributed by atoms with Gasteiger partial charge in [-0.05, 0) is 25.1 Å². The number of hydrogen-bond acceptors (Lipinski definition) is 5. The summed E-state index contributed by atoms with van der Waals surface area (Å²) in [5.74, 6) is 0. The maximum absolute atomic E-state index is 11.4. The first-order valence-corrected chi connectivity index (χ1v) is 12.6. The number of ether oxygens (including phenoxy) is 1. The second-order valence-corrected chi connectivity index (χ2v) is 14.0. The summed E-state index contributed by atoms with van der Waals surface area (Å²) in [5, 5.41) is 13.1. The third-order valence-electron chi connectivity index (χ3n) is 6.14. The zero-order valence-electron chi connectivity index (χ0n) is 17.2. The smallest absolute Gasteiger partial charge is 0.407 e. The zero-order chi connectivity index (χ0) is 19.5. The van der Waals surface area contributed by atoms with Gasteiger partial charge < -0.3 is 24.5 Å². The van der Waals surface area contributed by atoms with Crippen LogP contribution in [0.5, 0.6) is 0 Å². The Morgan fingerprint density at radius 2 is 2.08 bits per heavy atom. The number of morpholine rings is 1. The van der Waals surface area contributed by atoms with Crippen molar-refractivity contribution in [2.75, 3.05) is 46.0 Å². The minimum absolute atomic E-state index is 0.0196. The van der Waals surface area contributed by atoms with Gasteiger partial charge in [0, 0.05) is 38.3 Å². The lowest BCUT2D eigenvalue weighted by Crippen LogP contribution is -2.62. The molecule has 0 radical (unpaired) electrons. The molecule has 0 aromatic heterocycles. The van der Waals surface area contributed by atoms with Crippen LogP contribution in [-0.2, 0) is 9.16 Å². The van der Waals surface area contributed by atoms with E-state index in [-0.39, 0.29) is 23.2 Å². The summed E-state index contributed by atoms with van der Waals surface area (Å²) < 4.78 is 12.1. The Hall–Kier alpha value is -0.673. The van der Waals surface area contributed by atoms with Gasteiger partial charge >= 0.3 is 6.09 Å². The van der Waals surface area contributed by atoms with Crippen molar-refractivity contribution in [1.29, 1.82) is 0 Å². The van der Waals surface area contributed by atoms with Gasteiger partial charge in [0.15, 0.2) is 8.32 Å². The Morgan fingerprint density at radius 3 is 2.69 bits per heavy atom. The standard InChI is InChI=1S/C18H37N3O4Si/c1-14-9-19-15(11-21(14)17(22)23)10-20-7-8-24-12-16(20)13-25-26(5,6)18(2,3)4/h14-16,19H,7-13H2,1-6H3,(H,22,23)/t14-,15+,16?/m1/s1. The van der Waals surface area contributed by atoms with E-state index in [1.165, 1.54) is 0 Å². The number of carbonyl (C=O) groups is 1. The van der Waals surface area contributed by atoms with Crippen molar-refractivity contribution in [2.24, 2.45) is 0 Å². The molecule has 0 saturated carbocycles. The number of piperazine rings is 1. The highest BCUT2D eigenvalue weighted by Crippen LogP contribution is 2.36. The van der Waals surface area contributed by atoms with Crippen molar-refractivity contribution in [2.45, 2.75) is 64.0 Å². The summed E-state index contributed by atoms with van der Waals surface area (Å²) in [7, 11) is -1.79. The highest BCUT2D eigenvalue weighted by Gasteiger charge is 2.39. The third-order valence-corrected chi connectivity index (χ3v) is 10.6. The second-order valence-electron chi connectivity index (χ2n) is 9.18. The van der Waals surface area contributed by atoms with E-state index in [1.54, 1.807) is 4.90 Å². The first-order valence-electron chi connectivity index (χ1n) is 9.70. The molecule has 3 atom stereocenters. The van der Waals surface area contributed by atoms with Crippen LogP contribution < -0.4 is 5.32 Å². The Labute approximate surface area is 159 Å². The van der Waals surface area contributed by atoms with E-state index in [2.05, 4.69) is 44.1 Å². The molecule has 2 aliphatic heterocycles. The maximum Gasteiger partial charge on any atom is 0.407 e. The van der Waals surface area contributed by atoms with Gasteiger partial charge in [-0.1, -0.05) is 20.8 Å². The van der Waals surface area contributed by atoms with Gasteiger partial charge in [0.25, 0.3) is 0 Å². The molecule has 2 aliphatic rings. The van der Waals surface area contributed by atoms with E-state index >= 15 is 0 Å². The molecule has 152 valence electrons. The molecule has 2 saturated heterocycles. The quantitative estimate of drug-likeness (QED) is 0.704. The lowest BCUT2D eigenvalue weighted by atomic mass is 10.1. The van der Waals surface area contributed by atoms with E-state index in [0.29, 0.717) is 26.3 Å². The first kappa shape index (κ1) is 21.6. The molecule has 2 N–H and O–H groups in total. The highest BCUT2D eigenvalue weighted by molar-refractivity contribution is 6.74. The highest BCUT2D eigenvalue weighted by atomic mass is 28.4. The van der Waals surface area contributed by atoms with Gasteiger partial charge in [-0.3, -0.25) is 4.90 Å². The average Bonchev–Trinajstić information content (AvgIpc) is 2.54. The molecule has 0 aromatic rings. The predicted octanol–water partition coefficient (Wildman–Crippen LogP) is 2.05. The molecule has 0 bridgehead atoms. The Kier molecular flexibility index (Phi) is 7.12. The molecule has 2 heterocycles. The number of amides is 1. The predicted molar refractivity (Wildman–Crippen MR) is 105 cm³/mol. The van der Waals surface area contributed by atoms with Crippen molar-refractivity contribution in [3.8, 4) is 0 Å². The molecule has 2 rings (SSSR count). The van der Waals surface area contributed by atoms with Crippen molar-refractivity contribution in [3.63, 3.8) is 0 Å². The normalized spacial score (nSPS) is 29.0. The number of rotatable bonds is 5. The largest absolute Gasteiger partial charge is 0.465 e. The number of nitrogens with zero attached hydrogens (tertiary/aromatic N) is 2. The van der Waals surface area contributed by atoms with Gasteiger partial charge in [-0.2, -0.15) is 0 Å². The third kappa shape index (κ3) is 5.42. The summed E-state index contributed by atoms with van der Waals surface area (Å²) in [6, 6.07) is 0.402. The maximum atomic E-state index is 11.4. The summed E-state index contributed by atoms with van der Waals surface area (Å²) in [6.07, 6.45) is -0.830. The lowest BCUT2D eigenvalue weighted by molar-refractivity contribution is -0.0323.